The first kappa shape index (κ1) is 10.3. The molecule has 13 heavy (non-hydrogen) atoms. The molecule has 1 aromatic carbocycles. The minimum absolute atomic E-state index is 0.468. The number of nitrogens with one attached hydrogen (secondary N) is 1. The van der Waals surface area contributed by atoms with Crippen molar-refractivity contribution >= 4 is 28.7 Å². The van der Waals surface area contributed by atoms with Crippen LogP contribution in [0.25, 0.3) is 0 Å². The van der Waals surface area contributed by atoms with Gasteiger partial charge in [0.05, 0.1) is 0 Å². The molecule has 0 saturated carbocycles. The lowest BCUT2D eigenvalue weighted by Crippen LogP contribution is -2.23. The molecule has 0 aliphatic carbocycles. The summed E-state index contributed by atoms with van der Waals surface area (Å²) in [6, 6.07) is 8.03. The van der Waals surface area contributed by atoms with Gasteiger partial charge in [0.15, 0.2) is 0 Å². The van der Waals surface area contributed by atoms with Gasteiger partial charge in [-0.15, -0.1) is 0 Å². The third-order valence-corrected chi connectivity index (χ3v) is 2.32. The van der Waals surface area contributed by atoms with Crippen LogP contribution in [0.3, 0.4) is 0 Å². The second kappa shape index (κ2) is 5.06. The zero-order valence-electron chi connectivity index (χ0n) is 6.96. The van der Waals surface area contributed by atoms with Crippen molar-refractivity contribution in [3.05, 3.63) is 33.4 Å². The highest BCUT2D eigenvalue weighted by atomic mass is 127. The van der Waals surface area contributed by atoms with Gasteiger partial charge < -0.3 is 10.4 Å². The van der Waals surface area contributed by atoms with Crippen LogP contribution in [0.1, 0.15) is 5.56 Å². The van der Waals surface area contributed by atoms with Gasteiger partial charge in [-0.25, -0.2) is 4.79 Å². The second-order valence-corrected chi connectivity index (χ2v) is 3.85. The molecule has 0 aliphatic rings. The van der Waals surface area contributed by atoms with Gasteiger partial charge in [0.2, 0.25) is 0 Å². The van der Waals surface area contributed by atoms with Crippen LogP contribution in [-0.4, -0.2) is 17.7 Å². The lowest BCUT2D eigenvalue weighted by molar-refractivity contribution is 0.194. The fraction of sp³-hybridized carbons (Fsp3) is 0.222. The minimum Gasteiger partial charge on any atom is -0.465 e. The van der Waals surface area contributed by atoms with Gasteiger partial charge in [-0.05, 0) is 46.7 Å². The highest BCUT2D eigenvalue weighted by molar-refractivity contribution is 14.1. The van der Waals surface area contributed by atoms with Crippen molar-refractivity contribution in [2.75, 3.05) is 6.54 Å². The predicted octanol–water partition coefficient (Wildman–Crippen LogP) is 2.10. The first-order valence-corrected chi connectivity index (χ1v) is 4.97. The van der Waals surface area contributed by atoms with Crippen LogP contribution in [0.4, 0.5) is 4.79 Å². The molecule has 0 radical (unpaired) electrons. The quantitative estimate of drug-likeness (QED) is 0.838. The Morgan fingerprint density at radius 3 is 2.54 bits per heavy atom. The summed E-state index contributed by atoms with van der Waals surface area (Å²) in [6.45, 7) is 0.468. The van der Waals surface area contributed by atoms with E-state index in [1.807, 2.05) is 24.3 Å². The number of carboxylic acid groups (broad SMARTS) is 1. The fourth-order valence-corrected chi connectivity index (χ4v) is 1.32. The molecule has 1 aromatic rings. The zero-order chi connectivity index (χ0) is 9.68. The van der Waals surface area contributed by atoms with Crippen LogP contribution in [0.5, 0.6) is 0 Å². The Balaban J connectivity index is 2.37. The predicted molar refractivity (Wildman–Crippen MR) is 58.9 cm³/mol. The summed E-state index contributed by atoms with van der Waals surface area (Å²) in [5.74, 6) is 0. The molecule has 0 bridgehead atoms. The van der Waals surface area contributed by atoms with Crippen molar-refractivity contribution in [1.29, 1.82) is 0 Å². The maximum atomic E-state index is 10.1. The van der Waals surface area contributed by atoms with E-state index in [9.17, 15) is 4.79 Å². The van der Waals surface area contributed by atoms with Crippen LogP contribution < -0.4 is 5.32 Å². The van der Waals surface area contributed by atoms with Gasteiger partial charge in [0.25, 0.3) is 0 Å². The van der Waals surface area contributed by atoms with Crippen molar-refractivity contribution in [3.63, 3.8) is 0 Å². The molecular weight excluding hydrogens is 281 g/mol. The van der Waals surface area contributed by atoms with E-state index in [4.69, 9.17) is 5.11 Å². The van der Waals surface area contributed by atoms with Crippen molar-refractivity contribution in [3.8, 4) is 0 Å². The molecule has 4 heteroatoms. The first-order valence-electron chi connectivity index (χ1n) is 3.90. The van der Waals surface area contributed by atoms with Gasteiger partial charge in [0, 0.05) is 10.1 Å². The Labute approximate surface area is 90.3 Å². The molecule has 3 nitrogen and oxygen atoms in total. The van der Waals surface area contributed by atoms with E-state index in [2.05, 4.69) is 27.9 Å². The van der Waals surface area contributed by atoms with Crippen molar-refractivity contribution in [2.24, 2.45) is 0 Å². The van der Waals surface area contributed by atoms with E-state index in [0.717, 1.165) is 12.0 Å². The summed E-state index contributed by atoms with van der Waals surface area (Å²) in [6.07, 6.45) is -0.228. The Hall–Kier alpha value is -0.780. The molecule has 0 spiro atoms. The van der Waals surface area contributed by atoms with Crippen LogP contribution >= 0.6 is 22.6 Å². The second-order valence-electron chi connectivity index (χ2n) is 2.61. The number of hydrogen-bond donors (Lipinski definition) is 2. The Bertz CT molecular complexity index is 284. The van der Waals surface area contributed by atoms with Crippen LogP contribution in [0.15, 0.2) is 24.3 Å². The van der Waals surface area contributed by atoms with E-state index in [1.54, 1.807) is 0 Å². The van der Waals surface area contributed by atoms with E-state index in [-0.39, 0.29) is 0 Å². The SMILES string of the molecule is O=C(O)NCCc1ccc(I)cc1. The lowest BCUT2D eigenvalue weighted by Gasteiger charge is -2.01. The Morgan fingerprint density at radius 1 is 1.38 bits per heavy atom. The smallest absolute Gasteiger partial charge is 0.404 e. The highest BCUT2D eigenvalue weighted by Gasteiger charge is 1.95. The van der Waals surface area contributed by atoms with E-state index < -0.39 is 6.09 Å². The van der Waals surface area contributed by atoms with Gasteiger partial charge in [-0.3, -0.25) is 0 Å². The number of hydrogen-bond acceptors (Lipinski definition) is 1. The summed E-state index contributed by atoms with van der Waals surface area (Å²) >= 11 is 2.24. The molecule has 1 rings (SSSR count). The number of amides is 1. The minimum atomic E-state index is -0.967. The number of halogens is 1. The van der Waals surface area contributed by atoms with Gasteiger partial charge in [0.1, 0.15) is 0 Å². The number of carbonyl (C=O) groups is 1. The fourth-order valence-electron chi connectivity index (χ4n) is 0.965. The van der Waals surface area contributed by atoms with Crippen LogP contribution in [0, 0.1) is 3.57 Å². The third kappa shape index (κ3) is 4.12. The molecule has 0 aromatic heterocycles. The topological polar surface area (TPSA) is 49.3 Å². The lowest BCUT2D eigenvalue weighted by atomic mass is 10.1. The summed E-state index contributed by atoms with van der Waals surface area (Å²) in [5, 5.41) is 10.6. The molecule has 0 aliphatic heterocycles. The van der Waals surface area contributed by atoms with Gasteiger partial charge in [-0.2, -0.15) is 0 Å². The Morgan fingerprint density at radius 2 is 2.00 bits per heavy atom. The summed E-state index contributed by atoms with van der Waals surface area (Å²) < 4.78 is 1.19. The number of benzene rings is 1. The zero-order valence-corrected chi connectivity index (χ0v) is 9.11. The molecular formula is C9H10INO2. The largest absolute Gasteiger partial charge is 0.465 e. The first-order chi connectivity index (χ1) is 6.18. The van der Waals surface area contributed by atoms with Gasteiger partial charge in [-0.1, -0.05) is 12.1 Å². The van der Waals surface area contributed by atoms with Crippen molar-refractivity contribution < 1.29 is 9.90 Å². The summed E-state index contributed by atoms with van der Waals surface area (Å²) in [5.41, 5.74) is 1.15. The summed E-state index contributed by atoms with van der Waals surface area (Å²) in [7, 11) is 0. The molecule has 70 valence electrons. The van der Waals surface area contributed by atoms with Crippen LogP contribution in [0.2, 0.25) is 0 Å². The van der Waals surface area contributed by atoms with E-state index >= 15 is 0 Å². The monoisotopic (exact) mass is 291 g/mol. The maximum Gasteiger partial charge on any atom is 0.404 e. The molecule has 2 N–H and O–H groups in total. The maximum absolute atomic E-state index is 10.1. The molecule has 0 atom stereocenters. The standard InChI is InChI=1S/C9H10INO2/c10-8-3-1-7(2-4-8)5-6-11-9(12)13/h1-4,11H,5-6H2,(H,12,13). The van der Waals surface area contributed by atoms with E-state index in [1.165, 1.54) is 3.57 Å². The van der Waals surface area contributed by atoms with E-state index in [0.29, 0.717) is 6.54 Å². The summed E-state index contributed by atoms with van der Waals surface area (Å²) in [4.78, 5) is 10.1. The normalized spacial score (nSPS) is 9.62. The average molecular weight is 291 g/mol. The molecule has 0 heterocycles. The highest BCUT2D eigenvalue weighted by Crippen LogP contribution is 2.06. The Kier molecular flexibility index (Phi) is 4.01. The molecule has 1 amide bonds. The average Bonchev–Trinajstić information content (AvgIpc) is 2.08. The molecule has 0 saturated heterocycles. The number of rotatable bonds is 3. The van der Waals surface area contributed by atoms with Crippen LogP contribution in [-0.2, 0) is 6.42 Å². The molecule has 0 fully saturated rings. The molecule has 0 unspecified atom stereocenters. The van der Waals surface area contributed by atoms with Crippen molar-refractivity contribution in [2.45, 2.75) is 6.42 Å². The van der Waals surface area contributed by atoms with Crippen molar-refractivity contribution in [1.82, 2.24) is 5.32 Å². The third-order valence-electron chi connectivity index (χ3n) is 1.60. The van der Waals surface area contributed by atoms with Gasteiger partial charge >= 0.3 is 6.09 Å².